The van der Waals surface area contributed by atoms with Gasteiger partial charge in [0.1, 0.15) is 12.4 Å². The van der Waals surface area contributed by atoms with Crippen molar-refractivity contribution < 1.29 is 10.0 Å². The average Bonchev–Trinajstić information content (AvgIpc) is 3.03. The molecule has 1 aliphatic carbocycles. The zero-order valence-corrected chi connectivity index (χ0v) is 10.2. The molecule has 0 aliphatic heterocycles. The first-order valence-corrected chi connectivity index (χ1v) is 6.21. The van der Waals surface area contributed by atoms with Gasteiger partial charge >= 0.3 is 5.69 Å². The summed E-state index contributed by atoms with van der Waals surface area (Å²) in [4.78, 5) is 9.96. The molecule has 0 spiro atoms. The van der Waals surface area contributed by atoms with Gasteiger partial charge in [-0.3, -0.25) is 14.8 Å². The van der Waals surface area contributed by atoms with Crippen molar-refractivity contribution in [2.24, 2.45) is 5.92 Å². The summed E-state index contributed by atoms with van der Waals surface area (Å²) in [5.74, 6) is 0.878. The van der Waals surface area contributed by atoms with Crippen LogP contribution in [-0.4, -0.2) is 39.0 Å². The summed E-state index contributed by atoms with van der Waals surface area (Å²) < 4.78 is 1.39. The van der Waals surface area contributed by atoms with Crippen LogP contribution >= 0.6 is 0 Å². The van der Waals surface area contributed by atoms with Gasteiger partial charge in [0.05, 0.1) is 17.6 Å². The number of aliphatic hydroxyl groups is 1. The van der Waals surface area contributed by atoms with Gasteiger partial charge in [-0.05, 0) is 18.9 Å². The fourth-order valence-electron chi connectivity index (χ4n) is 1.81. The van der Waals surface area contributed by atoms with Crippen molar-refractivity contribution in [1.29, 1.82) is 0 Å². The standard InChI is InChI=1S/C11H18N4O3/c16-11(6-12-4-3-9-1-2-9)8-14-7-10(5-13-14)15(17)18/h5,7,9,11-12,16H,1-4,6,8H2. The van der Waals surface area contributed by atoms with E-state index in [1.807, 2.05) is 0 Å². The Hall–Kier alpha value is -1.47. The maximum atomic E-state index is 10.5. The molecular formula is C11H18N4O3. The lowest BCUT2D eigenvalue weighted by molar-refractivity contribution is -0.385. The quantitative estimate of drug-likeness (QED) is 0.401. The number of rotatable bonds is 8. The predicted molar refractivity (Wildman–Crippen MR) is 65.1 cm³/mol. The molecule has 0 bridgehead atoms. The molecule has 0 aromatic carbocycles. The summed E-state index contributed by atoms with van der Waals surface area (Å²) in [5, 5.41) is 27.2. The van der Waals surface area contributed by atoms with Gasteiger partial charge < -0.3 is 10.4 Å². The molecule has 2 rings (SSSR count). The summed E-state index contributed by atoms with van der Waals surface area (Å²) in [6.07, 6.45) is 5.77. The average molecular weight is 254 g/mol. The van der Waals surface area contributed by atoms with Crippen molar-refractivity contribution in [3.8, 4) is 0 Å². The summed E-state index contributed by atoms with van der Waals surface area (Å²) in [7, 11) is 0. The maximum absolute atomic E-state index is 10.5. The van der Waals surface area contributed by atoms with Crippen molar-refractivity contribution in [2.75, 3.05) is 13.1 Å². The number of nitrogens with one attached hydrogen (secondary N) is 1. The molecule has 1 unspecified atom stereocenters. The van der Waals surface area contributed by atoms with Crippen molar-refractivity contribution >= 4 is 5.69 Å². The summed E-state index contributed by atoms with van der Waals surface area (Å²) in [6, 6.07) is 0. The normalized spacial score (nSPS) is 16.7. The third-order valence-electron chi connectivity index (χ3n) is 3.03. The molecule has 0 amide bonds. The van der Waals surface area contributed by atoms with Gasteiger partial charge in [0.15, 0.2) is 0 Å². The van der Waals surface area contributed by atoms with Crippen LogP contribution in [0.2, 0.25) is 0 Å². The first kappa shape index (κ1) is 13.0. The molecule has 1 heterocycles. The Bertz CT molecular complexity index is 403. The van der Waals surface area contributed by atoms with Gasteiger partial charge in [-0.25, -0.2) is 0 Å². The first-order chi connectivity index (χ1) is 8.65. The van der Waals surface area contributed by atoms with Crippen LogP contribution in [-0.2, 0) is 6.54 Å². The van der Waals surface area contributed by atoms with Crippen LogP contribution in [0.25, 0.3) is 0 Å². The molecule has 0 radical (unpaired) electrons. The third-order valence-corrected chi connectivity index (χ3v) is 3.03. The molecule has 100 valence electrons. The predicted octanol–water partition coefficient (Wildman–Crippen LogP) is 0.542. The van der Waals surface area contributed by atoms with Crippen LogP contribution in [0.5, 0.6) is 0 Å². The van der Waals surface area contributed by atoms with Crippen LogP contribution in [0.3, 0.4) is 0 Å². The lowest BCUT2D eigenvalue weighted by atomic mass is 10.3. The lowest BCUT2D eigenvalue weighted by Gasteiger charge is -2.11. The zero-order chi connectivity index (χ0) is 13.0. The van der Waals surface area contributed by atoms with E-state index in [0.29, 0.717) is 6.54 Å². The van der Waals surface area contributed by atoms with Gasteiger partial charge in [-0.1, -0.05) is 12.8 Å². The topological polar surface area (TPSA) is 93.2 Å². The highest BCUT2D eigenvalue weighted by atomic mass is 16.6. The first-order valence-electron chi connectivity index (χ1n) is 6.21. The molecule has 1 saturated carbocycles. The minimum absolute atomic E-state index is 0.0520. The Kier molecular flexibility index (Phi) is 4.27. The van der Waals surface area contributed by atoms with Crippen LogP contribution in [0.1, 0.15) is 19.3 Å². The highest BCUT2D eigenvalue weighted by Gasteiger charge is 2.20. The molecule has 1 aromatic rings. The molecule has 0 saturated heterocycles. The van der Waals surface area contributed by atoms with Crippen molar-refractivity contribution in [3.05, 3.63) is 22.5 Å². The summed E-state index contributed by atoms with van der Waals surface area (Å²) in [5.41, 5.74) is -0.0520. The van der Waals surface area contributed by atoms with Crippen molar-refractivity contribution in [1.82, 2.24) is 15.1 Å². The van der Waals surface area contributed by atoms with Gasteiger partial charge in [0, 0.05) is 6.54 Å². The smallest absolute Gasteiger partial charge is 0.306 e. The minimum atomic E-state index is -0.580. The molecular weight excluding hydrogens is 236 g/mol. The van der Waals surface area contributed by atoms with Gasteiger partial charge in [0.2, 0.25) is 0 Å². The number of hydrogen-bond acceptors (Lipinski definition) is 5. The number of aromatic nitrogens is 2. The van der Waals surface area contributed by atoms with Crippen molar-refractivity contribution in [3.63, 3.8) is 0 Å². The minimum Gasteiger partial charge on any atom is -0.390 e. The highest BCUT2D eigenvalue weighted by Crippen LogP contribution is 2.31. The van der Waals surface area contributed by atoms with Crippen LogP contribution in [0.4, 0.5) is 5.69 Å². The molecule has 7 heteroatoms. The van der Waals surface area contributed by atoms with E-state index in [9.17, 15) is 15.2 Å². The molecule has 1 aromatic heterocycles. The van der Waals surface area contributed by atoms with E-state index in [1.165, 1.54) is 36.3 Å². The second-order valence-electron chi connectivity index (χ2n) is 4.77. The monoisotopic (exact) mass is 254 g/mol. The summed E-state index contributed by atoms with van der Waals surface area (Å²) >= 11 is 0. The molecule has 1 fully saturated rings. The molecule has 7 nitrogen and oxygen atoms in total. The van der Waals surface area contributed by atoms with E-state index in [2.05, 4.69) is 10.4 Å². The fraction of sp³-hybridized carbons (Fsp3) is 0.727. The Labute approximate surface area is 105 Å². The largest absolute Gasteiger partial charge is 0.390 e. The van der Waals surface area contributed by atoms with Crippen LogP contribution in [0, 0.1) is 16.0 Å². The molecule has 18 heavy (non-hydrogen) atoms. The number of nitrogens with zero attached hydrogens (tertiary/aromatic N) is 3. The van der Waals surface area contributed by atoms with Gasteiger partial charge in [-0.2, -0.15) is 5.10 Å². The van der Waals surface area contributed by atoms with Gasteiger partial charge in [-0.15, -0.1) is 0 Å². The van der Waals surface area contributed by atoms with Crippen molar-refractivity contribution in [2.45, 2.75) is 31.9 Å². The van der Waals surface area contributed by atoms with Crippen LogP contribution < -0.4 is 5.32 Å². The number of nitro groups is 1. The zero-order valence-electron chi connectivity index (χ0n) is 10.2. The fourth-order valence-corrected chi connectivity index (χ4v) is 1.81. The van der Waals surface area contributed by atoms with E-state index < -0.39 is 11.0 Å². The maximum Gasteiger partial charge on any atom is 0.306 e. The lowest BCUT2D eigenvalue weighted by Crippen LogP contribution is -2.31. The Morgan fingerprint density at radius 1 is 1.67 bits per heavy atom. The Morgan fingerprint density at radius 3 is 3.06 bits per heavy atom. The molecule has 1 aliphatic rings. The van der Waals surface area contributed by atoms with E-state index in [1.54, 1.807) is 0 Å². The van der Waals surface area contributed by atoms with E-state index in [-0.39, 0.29) is 12.2 Å². The Morgan fingerprint density at radius 2 is 2.44 bits per heavy atom. The second kappa shape index (κ2) is 5.92. The Balaban J connectivity index is 1.65. The summed E-state index contributed by atoms with van der Waals surface area (Å²) in [6.45, 7) is 1.67. The highest BCUT2D eigenvalue weighted by molar-refractivity contribution is 5.20. The van der Waals surface area contributed by atoms with E-state index in [0.717, 1.165) is 12.5 Å². The van der Waals surface area contributed by atoms with E-state index in [4.69, 9.17) is 0 Å². The second-order valence-corrected chi connectivity index (χ2v) is 4.77. The van der Waals surface area contributed by atoms with Gasteiger partial charge in [0.25, 0.3) is 0 Å². The number of hydrogen-bond donors (Lipinski definition) is 2. The molecule has 1 atom stereocenters. The molecule has 2 N–H and O–H groups in total. The van der Waals surface area contributed by atoms with E-state index >= 15 is 0 Å². The SMILES string of the molecule is O=[N+]([O-])c1cnn(CC(O)CNCCC2CC2)c1. The third kappa shape index (κ3) is 4.08. The number of aliphatic hydroxyl groups excluding tert-OH is 1. The van der Waals surface area contributed by atoms with Crippen LogP contribution in [0.15, 0.2) is 12.4 Å².